The molecule has 0 saturated heterocycles. The van der Waals surface area contributed by atoms with E-state index in [2.05, 4.69) is 12.2 Å². The molecule has 0 unspecified atom stereocenters. The fourth-order valence-electron chi connectivity index (χ4n) is 2.07. The highest BCUT2D eigenvalue weighted by Crippen LogP contribution is 2.09. The number of hydrogen-bond acceptors (Lipinski definition) is 2. The fourth-order valence-corrected chi connectivity index (χ4v) is 2.07. The molecule has 0 fully saturated rings. The molecule has 0 radical (unpaired) electrons. The summed E-state index contributed by atoms with van der Waals surface area (Å²) in [5.74, 6) is 0.275. The molecule has 0 aromatic rings. The first-order valence-electron chi connectivity index (χ1n) is 7.14. The topological polar surface area (TPSA) is 26.3 Å². The van der Waals surface area contributed by atoms with Gasteiger partial charge in [-0.2, -0.15) is 0 Å². The summed E-state index contributed by atoms with van der Waals surface area (Å²) >= 11 is 0. The second-order valence-corrected chi connectivity index (χ2v) is 4.86. The van der Waals surface area contributed by atoms with Gasteiger partial charge in [-0.15, -0.1) is 0 Å². The SMILES string of the molecule is O=C1CCCCCCCC=CCCCCOC1. The highest BCUT2D eigenvalue weighted by atomic mass is 16.5. The van der Waals surface area contributed by atoms with Crippen LogP contribution in [0.15, 0.2) is 12.2 Å². The van der Waals surface area contributed by atoms with Gasteiger partial charge in [0.15, 0.2) is 5.78 Å². The molecule has 0 bridgehead atoms. The van der Waals surface area contributed by atoms with E-state index >= 15 is 0 Å². The van der Waals surface area contributed by atoms with E-state index in [0.717, 1.165) is 25.9 Å². The van der Waals surface area contributed by atoms with Crippen molar-refractivity contribution in [1.29, 1.82) is 0 Å². The summed E-state index contributed by atoms with van der Waals surface area (Å²) in [4.78, 5) is 11.4. The molecule has 0 aliphatic carbocycles. The lowest BCUT2D eigenvalue weighted by Gasteiger charge is -2.04. The Hall–Kier alpha value is -0.630. The van der Waals surface area contributed by atoms with Crippen molar-refractivity contribution in [2.75, 3.05) is 13.2 Å². The number of carbonyl (C=O) groups is 1. The zero-order chi connectivity index (χ0) is 12.2. The highest BCUT2D eigenvalue weighted by molar-refractivity contribution is 5.79. The van der Waals surface area contributed by atoms with Crippen LogP contribution in [0.5, 0.6) is 0 Å². The first kappa shape index (κ1) is 14.4. The van der Waals surface area contributed by atoms with Crippen molar-refractivity contribution in [3.63, 3.8) is 0 Å². The molecule has 0 saturated carbocycles. The zero-order valence-electron chi connectivity index (χ0n) is 11.0. The molecule has 0 N–H and O–H groups in total. The van der Waals surface area contributed by atoms with Crippen LogP contribution in [0.25, 0.3) is 0 Å². The largest absolute Gasteiger partial charge is 0.374 e. The first-order valence-corrected chi connectivity index (χ1v) is 7.14. The van der Waals surface area contributed by atoms with Crippen molar-refractivity contribution in [3.8, 4) is 0 Å². The van der Waals surface area contributed by atoms with Gasteiger partial charge in [0.05, 0.1) is 0 Å². The van der Waals surface area contributed by atoms with Crippen molar-refractivity contribution in [2.24, 2.45) is 0 Å². The molecule has 0 amide bonds. The van der Waals surface area contributed by atoms with Crippen LogP contribution in [-0.2, 0) is 9.53 Å². The van der Waals surface area contributed by atoms with E-state index in [0.29, 0.717) is 13.0 Å². The summed E-state index contributed by atoms with van der Waals surface area (Å²) in [6.07, 6.45) is 16.0. The summed E-state index contributed by atoms with van der Waals surface area (Å²) in [7, 11) is 0. The van der Waals surface area contributed by atoms with Gasteiger partial charge in [-0.25, -0.2) is 0 Å². The fraction of sp³-hybridized carbons (Fsp3) is 0.800. The van der Waals surface area contributed by atoms with Crippen LogP contribution < -0.4 is 0 Å². The average Bonchev–Trinajstić information content (AvgIpc) is 2.32. The molecule has 0 atom stereocenters. The van der Waals surface area contributed by atoms with Gasteiger partial charge in [0.1, 0.15) is 6.61 Å². The average molecular weight is 238 g/mol. The molecule has 1 aliphatic heterocycles. The lowest BCUT2D eigenvalue weighted by atomic mass is 10.1. The maximum atomic E-state index is 11.4. The van der Waals surface area contributed by atoms with Gasteiger partial charge in [0, 0.05) is 13.0 Å². The number of ether oxygens (including phenoxy) is 1. The Morgan fingerprint density at radius 3 is 2.29 bits per heavy atom. The van der Waals surface area contributed by atoms with E-state index in [9.17, 15) is 4.79 Å². The summed E-state index contributed by atoms with van der Waals surface area (Å²) in [5.41, 5.74) is 0. The van der Waals surface area contributed by atoms with Gasteiger partial charge in [0.2, 0.25) is 0 Å². The van der Waals surface area contributed by atoms with E-state index in [-0.39, 0.29) is 5.78 Å². The molecule has 2 heteroatoms. The monoisotopic (exact) mass is 238 g/mol. The molecule has 98 valence electrons. The van der Waals surface area contributed by atoms with Crippen LogP contribution in [0.1, 0.15) is 64.2 Å². The molecule has 1 heterocycles. The Balaban J connectivity index is 2.18. The minimum Gasteiger partial charge on any atom is -0.374 e. The molecule has 1 rings (SSSR count). The van der Waals surface area contributed by atoms with E-state index in [1.54, 1.807) is 0 Å². The summed E-state index contributed by atoms with van der Waals surface area (Å²) in [6.45, 7) is 1.06. The summed E-state index contributed by atoms with van der Waals surface area (Å²) in [5, 5.41) is 0. The zero-order valence-corrected chi connectivity index (χ0v) is 11.0. The Labute approximate surface area is 105 Å². The van der Waals surface area contributed by atoms with Crippen LogP contribution >= 0.6 is 0 Å². The summed E-state index contributed by atoms with van der Waals surface area (Å²) in [6, 6.07) is 0. The molecule has 2 nitrogen and oxygen atoms in total. The third kappa shape index (κ3) is 9.11. The van der Waals surface area contributed by atoms with Crippen LogP contribution in [0.2, 0.25) is 0 Å². The normalized spacial score (nSPS) is 22.5. The van der Waals surface area contributed by atoms with Crippen molar-refractivity contribution in [3.05, 3.63) is 12.2 Å². The molecule has 0 spiro atoms. The third-order valence-electron chi connectivity index (χ3n) is 3.17. The maximum Gasteiger partial charge on any atom is 0.158 e. The molecule has 17 heavy (non-hydrogen) atoms. The molecular formula is C15H26O2. The lowest BCUT2D eigenvalue weighted by Crippen LogP contribution is -2.09. The van der Waals surface area contributed by atoms with Crippen molar-refractivity contribution in [2.45, 2.75) is 64.2 Å². The number of rotatable bonds is 0. The quantitative estimate of drug-likeness (QED) is 0.595. The van der Waals surface area contributed by atoms with Crippen LogP contribution in [-0.4, -0.2) is 19.0 Å². The Morgan fingerprint density at radius 2 is 1.47 bits per heavy atom. The predicted molar refractivity (Wildman–Crippen MR) is 71.1 cm³/mol. The maximum absolute atomic E-state index is 11.4. The molecular weight excluding hydrogens is 212 g/mol. The van der Waals surface area contributed by atoms with Crippen molar-refractivity contribution >= 4 is 5.78 Å². The van der Waals surface area contributed by atoms with Gasteiger partial charge < -0.3 is 4.74 Å². The lowest BCUT2D eigenvalue weighted by molar-refractivity contribution is -0.123. The molecule has 0 aromatic carbocycles. The number of hydrogen-bond donors (Lipinski definition) is 0. The molecule has 1 aliphatic rings. The van der Waals surface area contributed by atoms with Gasteiger partial charge in [-0.05, 0) is 38.5 Å². The minimum absolute atomic E-state index is 0.275. The third-order valence-corrected chi connectivity index (χ3v) is 3.17. The second kappa shape index (κ2) is 10.5. The van der Waals surface area contributed by atoms with Gasteiger partial charge >= 0.3 is 0 Å². The Bertz CT molecular complexity index is 221. The van der Waals surface area contributed by atoms with Crippen LogP contribution in [0.4, 0.5) is 0 Å². The second-order valence-electron chi connectivity index (χ2n) is 4.86. The van der Waals surface area contributed by atoms with Gasteiger partial charge in [-0.1, -0.05) is 31.4 Å². The van der Waals surface area contributed by atoms with Crippen LogP contribution in [0.3, 0.4) is 0 Å². The molecule has 0 aromatic heterocycles. The highest BCUT2D eigenvalue weighted by Gasteiger charge is 2.02. The number of allylic oxidation sites excluding steroid dienone is 2. The predicted octanol–water partition coefficient (Wildman–Crippen LogP) is 4.04. The van der Waals surface area contributed by atoms with Crippen LogP contribution in [0, 0.1) is 0 Å². The van der Waals surface area contributed by atoms with Gasteiger partial charge in [0.25, 0.3) is 0 Å². The minimum atomic E-state index is 0.275. The first-order chi connectivity index (χ1) is 8.39. The Morgan fingerprint density at radius 1 is 0.824 bits per heavy atom. The number of carbonyl (C=O) groups excluding carboxylic acids is 1. The van der Waals surface area contributed by atoms with Crippen molar-refractivity contribution < 1.29 is 9.53 Å². The van der Waals surface area contributed by atoms with Gasteiger partial charge in [-0.3, -0.25) is 4.79 Å². The smallest absolute Gasteiger partial charge is 0.158 e. The summed E-state index contributed by atoms with van der Waals surface area (Å²) < 4.78 is 5.37. The van der Waals surface area contributed by atoms with E-state index in [1.807, 2.05) is 0 Å². The van der Waals surface area contributed by atoms with E-state index in [4.69, 9.17) is 4.74 Å². The number of Topliss-reactive ketones (excluding diaryl/α,β-unsaturated/α-hetero) is 1. The Kier molecular flexibility index (Phi) is 8.93. The van der Waals surface area contributed by atoms with Crippen molar-refractivity contribution in [1.82, 2.24) is 0 Å². The standard InChI is InChI=1S/C15H26O2/c16-15-12-10-8-6-4-2-1-3-5-7-9-11-13-17-14-15/h3,5H,1-2,4,6-14H2. The van der Waals surface area contributed by atoms with E-state index in [1.165, 1.54) is 38.5 Å². The van der Waals surface area contributed by atoms with E-state index < -0.39 is 0 Å². The number of ketones is 1.